The monoisotopic (exact) mass is 251 g/mol. The molecule has 1 saturated heterocycles. The van der Waals surface area contributed by atoms with Gasteiger partial charge < -0.3 is 10.0 Å². The van der Waals surface area contributed by atoms with Gasteiger partial charge in [-0.2, -0.15) is 5.10 Å². The zero-order valence-electron chi connectivity index (χ0n) is 10.6. The molecule has 1 amide bonds. The number of likely N-dealkylation sites (tertiary alicyclic amines) is 1. The van der Waals surface area contributed by atoms with Crippen molar-refractivity contribution in [2.24, 2.45) is 7.05 Å². The molecule has 0 atom stereocenters. The summed E-state index contributed by atoms with van der Waals surface area (Å²) in [5, 5.41) is 13.9. The SMILES string of the molecule is CCCC1(O)CN(C(=O)c2ccc(=O)n(C)n2)C1. The number of carbonyl (C=O) groups is 1. The third-order valence-corrected chi connectivity index (χ3v) is 3.15. The van der Waals surface area contributed by atoms with E-state index in [9.17, 15) is 14.7 Å². The number of aromatic nitrogens is 2. The molecule has 18 heavy (non-hydrogen) atoms. The Labute approximate surface area is 105 Å². The van der Waals surface area contributed by atoms with Crippen LogP contribution in [0, 0.1) is 0 Å². The molecule has 6 nitrogen and oxygen atoms in total. The van der Waals surface area contributed by atoms with Gasteiger partial charge in [0.2, 0.25) is 0 Å². The summed E-state index contributed by atoms with van der Waals surface area (Å²) in [6, 6.07) is 2.74. The van der Waals surface area contributed by atoms with Crippen LogP contribution in [0.4, 0.5) is 0 Å². The summed E-state index contributed by atoms with van der Waals surface area (Å²) < 4.78 is 1.13. The fourth-order valence-corrected chi connectivity index (χ4v) is 2.21. The molecule has 0 radical (unpaired) electrons. The molecule has 2 heterocycles. The van der Waals surface area contributed by atoms with Crippen LogP contribution in [0.1, 0.15) is 30.3 Å². The molecule has 1 aromatic rings. The average molecular weight is 251 g/mol. The summed E-state index contributed by atoms with van der Waals surface area (Å²) >= 11 is 0. The van der Waals surface area contributed by atoms with Gasteiger partial charge in [0.15, 0.2) is 0 Å². The Hall–Kier alpha value is -1.69. The van der Waals surface area contributed by atoms with Crippen LogP contribution in [-0.2, 0) is 7.05 Å². The van der Waals surface area contributed by atoms with E-state index in [1.54, 1.807) is 4.90 Å². The van der Waals surface area contributed by atoms with Crippen LogP contribution < -0.4 is 5.56 Å². The van der Waals surface area contributed by atoms with Gasteiger partial charge in [0.05, 0.1) is 18.7 Å². The molecule has 1 aliphatic heterocycles. The van der Waals surface area contributed by atoms with E-state index >= 15 is 0 Å². The van der Waals surface area contributed by atoms with E-state index in [2.05, 4.69) is 5.10 Å². The van der Waals surface area contributed by atoms with Crippen LogP contribution >= 0.6 is 0 Å². The Balaban J connectivity index is 2.06. The van der Waals surface area contributed by atoms with Crippen LogP contribution in [0.5, 0.6) is 0 Å². The Morgan fingerprint density at radius 2 is 2.17 bits per heavy atom. The van der Waals surface area contributed by atoms with Gasteiger partial charge in [-0.25, -0.2) is 4.68 Å². The first kappa shape index (κ1) is 12.8. The molecule has 0 unspecified atom stereocenters. The van der Waals surface area contributed by atoms with E-state index < -0.39 is 5.60 Å². The average Bonchev–Trinajstić information content (AvgIpc) is 2.29. The zero-order valence-corrected chi connectivity index (χ0v) is 10.6. The van der Waals surface area contributed by atoms with E-state index in [-0.39, 0.29) is 17.2 Å². The maximum atomic E-state index is 12.0. The number of aryl methyl sites for hydroxylation is 1. The quantitative estimate of drug-likeness (QED) is 0.805. The van der Waals surface area contributed by atoms with Gasteiger partial charge in [0.1, 0.15) is 5.69 Å². The predicted octanol–water partition coefficient (Wildman–Crippen LogP) is -0.233. The minimum atomic E-state index is -0.745. The Kier molecular flexibility index (Phi) is 3.21. The molecule has 1 N–H and O–H groups in total. The summed E-state index contributed by atoms with van der Waals surface area (Å²) in [5.41, 5.74) is -0.765. The van der Waals surface area contributed by atoms with Crippen LogP contribution in [0.2, 0.25) is 0 Å². The third kappa shape index (κ3) is 2.28. The van der Waals surface area contributed by atoms with E-state index in [1.165, 1.54) is 19.2 Å². The van der Waals surface area contributed by atoms with Gasteiger partial charge in [-0.3, -0.25) is 9.59 Å². The molecular formula is C12H17N3O3. The second-order valence-electron chi connectivity index (χ2n) is 4.82. The van der Waals surface area contributed by atoms with Gasteiger partial charge in [-0.15, -0.1) is 0 Å². The molecule has 1 fully saturated rings. The Morgan fingerprint density at radius 1 is 1.50 bits per heavy atom. The highest BCUT2D eigenvalue weighted by Gasteiger charge is 2.43. The lowest BCUT2D eigenvalue weighted by molar-refractivity contribution is -0.0862. The van der Waals surface area contributed by atoms with E-state index in [0.717, 1.165) is 11.1 Å². The normalized spacial score (nSPS) is 17.4. The third-order valence-electron chi connectivity index (χ3n) is 3.15. The molecule has 0 aromatic carbocycles. The zero-order chi connectivity index (χ0) is 13.3. The number of hydrogen-bond donors (Lipinski definition) is 1. The molecule has 6 heteroatoms. The second kappa shape index (κ2) is 4.53. The summed E-state index contributed by atoms with van der Waals surface area (Å²) in [5.74, 6) is -0.244. The van der Waals surface area contributed by atoms with Gasteiger partial charge >= 0.3 is 0 Å². The van der Waals surface area contributed by atoms with Crippen LogP contribution in [0.25, 0.3) is 0 Å². The Bertz CT molecular complexity index is 518. The van der Waals surface area contributed by atoms with Crippen LogP contribution in [0.15, 0.2) is 16.9 Å². The minimum absolute atomic E-state index is 0.232. The maximum absolute atomic E-state index is 12.0. The number of hydrogen-bond acceptors (Lipinski definition) is 4. The van der Waals surface area contributed by atoms with Crippen molar-refractivity contribution in [3.05, 3.63) is 28.2 Å². The molecular weight excluding hydrogens is 234 g/mol. The molecule has 0 aliphatic carbocycles. The van der Waals surface area contributed by atoms with Crippen molar-refractivity contribution in [1.29, 1.82) is 0 Å². The number of aliphatic hydroxyl groups is 1. The van der Waals surface area contributed by atoms with Crippen molar-refractivity contribution in [3.63, 3.8) is 0 Å². The highest BCUT2D eigenvalue weighted by atomic mass is 16.3. The second-order valence-corrected chi connectivity index (χ2v) is 4.82. The highest BCUT2D eigenvalue weighted by molar-refractivity contribution is 5.92. The molecule has 1 aromatic heterocycles. The lowest BCUT2D eigenvalue weighted by Gasteiger charge is -2.46. The first-order valence-corrected chi connectivity index (χ1v) is 6.01. The largest absolute Gasteiger partial charge is 0.386 e. The van der Waals surface area contributed by atoms with E-state index in [1.807, 2.05) is 6.92 Å². The topological polar surface area (TPSA) is 75.4 Å². The molecule has 98 valence electrons. The van der Waals surface area contributed by atoms with Gasteiger partial charge in [-0.1, -0.05) is 13.3 Å². The van der Waals surface area contributed by atoms with Crippen molar-refractivity contribution >= 4 is 5.91 Å². The van der Waals surface area contributed by atoms with Gasteiger partial charge in [0, 0.05) is 13.1 Å². The summed E-state index contributed by atoms with van der Waals surface area (Å²) in [6.45, 7) is 2.67. The summed E-state index contributed by atoms with van der Waals surface area (Å²) in [4.78, 5) is 24.7. The number of nitrogens with zero attached hydrogens (tertiary/aromatic N) is 3. The van der Waals surface area contributed by atoms with Crippen molar-refractivity contribution in [1.82, 2.24) is 14.7 Å². The Morgan fingerprint density at radius 3 is 2.72 bits per heavy atom. The maximum Gasteiger partial charge on any atom is 0.274 e. The number of carbonyl (C=O) groups excluding carboxylic acids is 1. The van der Waals surface area contributed by atoms with Crippen LogP contribution in [0.3, 0.4) is 0 Å². The lowest BCUT2D eigenvalue weighted by Crippen LogP contribution is -2.63. The molecule has 2 rings (SSSR count). The molecule has 0 bridgehead atoms. The van der Waals surface area contributed by atoms with Crippen molar-refractivity contribution in [2.45, 2.75) is 25.4 Å². The number of β-amino-alcohol motifs (C(OH)–C–C–N with tert-alkyl or cyclic N) is 1. The number of rotatable bonds is 3. The summed E-state index contributed by atoms with van der Waals surface area (Å²) in [7, 11) is 1.50. The smallest absolute Gasteiger partial charge is 0.274 e. The fourth-order valence-electron chi connectivity index (χ4n) is 2.21. The molecule has 0 saturated carbocycles. The van der Waals surface area contributed by atoms with Crippen molar-refractivity contribution in [2.75, 3.05) is 13.1 Å². The highest BCUT2D eigenvalue weighted by Crippen LogP contribution is 2.26. The lowest BCUT2D eigenvalue weighted by atomic mass is 9.89. The van der Waals surface area contributed by atoms with Crippen LogP contribution in [-0.4, -0.2) is 44.4 Å². The van der Waals surface area contributed by atoms with Gasteiger partial charge in [-0.05, 0) is 12.5 Å². The van der Waals surface area contributed by atoms with E-state index in [0.29, 0.717) is 19.5 Å². The predicted molar refractivity (Wildman–Crippen MR) is 65.2 cm³/mol. The standard InChI is InChI=1S/C12H17N3O3/c1-3-6-12(18)7-15(8-12)11(17)9-4-5-10(16)14(2)13-9/h4-5,18H,3,6-8H2,1-2H3. The first-order valence-electron chi connectivity index (χ1n) is 6.01. The first-order chi connectivity index (χ1) is 8.45. The molecule has 1 aliphatic rings. The van der Waals surface area contributed by atoms with Crippen molar-refractivity contribution in [3.8, 4) is 0 Å². The summed E-state index contributed by atoms with van der Waals surface area (Å²) in [6.07, 6.45) is 1.58. The minimum Gasteiger partial charge on any atom is -0.386 e. The van der Waals surface area contributed by atoms with Crippen molar-refractivity contribution < 1.29 is 9.90 Å². The fraction of sp³-hybridized carbons (Fsp3) is 0.583. The van der Waals surface area contributed by atoms with E-state index in [4.69, 9.17) is 0 Å². The van der Waals surface area contributed by atoms with Gasteiger partial charge in [0.25, 0.3) is 11.5 Å². The molecule has 0 spiro atoms. The number of amides is 1.